The van der Waals surface area contributed by atoms with Gasteiger partial charge in [0.25, 0.3) is 5.91 Å². The summed E-state index contributed by atoms with van der Waals surface area (Å²) < 4.78 is 11.9. The van der Waals surface area contributed by atoms with Gasteiger partial charge in [0.05, 0.1) is 17.8 Å². The summed E-state index contributed by atoms with van der Waals surface area (Å²) in [6.45, 7) is 8.85. The number of fused-ring (bicyclic) bond motifs is 5. The van der Waals surface area contributed by atoms with E-state index in [1.54, 1.807) is 6.92 Å². The van der Waals surface area contributed by atoms with Gasteiger partial charge in [0, 0.05) is 17.5 Å². The Morgan fingerprint density at radius 1 is 1.02 bits per heavy atom. The molecule has 0 spiro atoms. The van der Waals surface area contributed by atoms with E-state index >= 15 is 0 Å². The molecule has 1 saturated heterocycles. The van der Waals surface area contributed by atoms with Crippen LogP contribution in [0.5, 0.6) is 0 Å². The topological polar surface area (TPSA) is 128 Å². The molecule has 12 atom stereocenters. The maximum Gasteiger partial charge on any atom is 0.251 e. The zero-order valence-corrected chi connectivity index (χ0v) is 25.5. The molecule has 4 fully saturated rings. The molecule has 1 aliphatic heterocycles. The quantitative estimate of drug-likeness (QED) is 0.334. The Kier molecular flexibility index (Phi) is 7.89. The highest BCUT2D eigenvalue weighted by Crippen LogP contribution is 2.70. The van der Waals surface area contributed by atoms with Crippen molar-refractivity contribution in [3.63, 3.8) is 0 Å². The summed E-state index contributed by atoms with van der Waals surface area (Å²) in [5.41, 5.74) is 2.20. The Labute approximate surface area is 249 Å². The molecule has 42 heavy (non-hydrogen) atoms. The number of carbonyl (C=O) groups is 1. The molecule has 0 bridgehead atoms. The molecule has 1 heterocycles. The van der Waals surface area contributed by atoms with Crippen molar-refractivity contribution in [1.29, 1.82) is 0 Å². The molecule has 0 unspecified atom stereocenters. The lowest BCUT2D eigenvalue weighted by Gasteiger charge is -2.62. The molecule has 8 nitrogen and oxygen atoms in total. The lowest BCUT2D eigenvalue weighted by Crippen LogP contribution is -2.60. The maximum absolute atomic E-state index is 12.6. The smallest absolute Gasteiger partial charge is 0.251 e. The Morgan fingerprint density at radius 2 is 1.81 bits per heavy atom. The highest BCUT2D eigenvalue weighted by Gasteiger charge is 2.66. The summed E-state index contributed by atoms with van der Waals surface area (Å²) in [6, 6.07) is 8.02. The largest absolute Gasteiger partial charge is 0.389 e. The molecule has 1 amide bonds. The van der Waals surface area contributed by atoms with Crippen LogP contribution in [-0.2, 0) is 9.47 Å². The third-order valence-corrected chi connectivity index (χ3v) is 12.3. The van der Waals surface area contributed by atoms with Crippen molar-refractivity contribution in [3.05, 3.63) is 47.0 Å². The van der Waals surface area contributed by atoms with E-state index in [1.807, 2.05) is 25.1 Å². The average molecular weight is 584 g/mol. The van der Waals surface area contributed by atoms with Crippen molar-refractivity contribution in [2.24, 2.45) is 22.7 Å². The van der Waals surface area contributed by atoms with Gasteiger partial charge >= 0.3 is 0 Å². The molecular weight excluding hydrogens is 534 g/mol. The van der Waals surface area contributed by atoms with Crippen LogP contribution in [0.4, 0.5) is 0 Å². The fourth-order valence-corrected chi connectivity index (χ4v) is 9.77. The van der Waals surface area contributed by atoms with E-state index < -0.39 is 36.3 Å². The van der Waals surface area contributed by atoms with E-state index in [0.717, 1.165) is 56.9 Å². The van der Waals surface area contributed by atoms with Crippen LogP contribution in [0.3, 0.4) is 0 Å². The van der Waals surface area contributed by atoms with Gasteiger partial charge in [0.2, 0.25) is 0 Å². The molecule has 8 heteroatoms. The van der Waals surface area contributed by atoms with Crippen molar-refractivity contribution in [1.82, 2.24) is 5.32 Å². The zero-order chi connectivity index (χ0) is 30.0. The Hall–Kier alpha value is -1.81. The van der Waals surface area contributed by atoms with Gasteiger partial charge in [-0.1, -0.05) is 37.6 Å². The van der Waals surface area contributed by atoms with E-state index in [4.69, 9.17) is 9.47 Å². The number of rotatable bonds is 5. The summed E-state index contributed by atoms with van der Waals surface area (Å²) in [6.07, 6.45) is 3.85. The maximum atomic E-state index is 12.6. The van der Waals surface area contributed by atoms with Crippen molar-refractivity contribution in [2.75, 3.05) is 6.54 Å². The van der Waals surface area contributed by atoms with Gasteiger partial charge in [-0.2, -0.15) is 0 Å². The first kappa shape index (κ1) is 30.2. The van der Waals surface area contributed by atoms with E-state index in [2.05, 4.69) is 31.3 Å². The molecule has 5 aliphatic rings. The third kappa shape index (κ3) is 4.60. The number of hydrogen-bond acceptors (Lipinski definition) is 7. The summed E-state index contributed by atoms with van der Waals surface area (Å²) >= 11 is 0. The van der Waals surface area contributed by atoms with Gasteiger partial charge in [-0.25, -0.2) is 0 Å². The first-order chi connectivity index (χ1) is 19.9. The van der Waals surface area contributed by atoms with Crippen LogP contribution in [0.2, 0.25) is 0 Å². The number of allylic oxidation sites excluding steroid dienone is 1. The number of aliphatic hydroxyl groups is 4. The summed E-state index contributed by atoms with van der Waals surface area (Å²) in [4.78, 5) is 12.6. The van der Waals surface area contributed by atoms with Gasteiger partial charge in [-0.3, -0.25) is 4.79 Å². The SMILES string of the molecule is CCNC(=O)c1cccc([C@H]2CC[C@]3(O)[C@@H]4CCC5=C[C@@H](O[C@@H]6O[C@@H](C)[C@H](O)[C@@H](O)[C@H]6O)CC[C@]5(C)[C@H]4CC[C@]23C)c1. The van der Waals surface area contributed by atoms with Crippen molar-refractivity contribution in [3.8, 4) is 0 Å². The summed E-state index contributed by atoms with van der Waals surface area (Å²) in [7, 11) is 0. The van der Waals surface area contributed by atoms with Crippen LogP contribution < -0.4 is 5.32 Å². The minimum absolute atomic E-state index is 0.0227. The van der Waals surface area contributed by atoms with E-state index in [0.29, 0.717) is 18.0 Å². The predicted octanol–water partition coefficient (Wildman–Crippen LogP) is 3.81. The number of hydrogen-bond donors (Lipinski definition) is 5. The van der Waals surface area contributed by atoms with Crippen molar-refractivity contribution < 1.29 is 34.7 Å². The molecule has 4 aliphatic carbocycles. The van der Waals surface area contributed by atoms with Crippen LogP contribution in [0.25, 0.3) is 0 Å². The number of nitrogens with one attached hydrogen (secondary N) is 1. The van der Waals surface area contributed by atoms with E-state index in [1.165, 1.54) is 5.57 Å². The molecule has 0 aromatic heterocycles. The van der Waals surface area contributed by atoms with Gasteiger partial charge in [0.15, 0.2) is 6.29 Å². The van der Waals surface area contributed by atoms with Crippen LogP contribution in [0.15, 0.2) is 35.9 Å². The monoisotopic (exact) mass is 583 g/mol. The van der Waals surface area contributed by atoms with Gasteiger partial charge in [0.1, 0.15) is 18.3 Å². The van der Waals surface area contributed by atoms with Crippen molar-refractivity contribution in [2.45, 2.75) is 127 Å². The van der Waals surface area contributed by atoms with Crippen LogP contribution in [-0.4, -0.2) is 75.3 Å². The third-order valence-electron chi connectivity index (χ3n) is 12.3. The zero-order valence-electron chi connectivity index (χ0n) is 25.5. The Balaban J connectivity index is 1.20. The lowest BCUT2D eigenvalue weighted by atomic mass is 9.45. The fraction of sp³-hybridized carbons (Fsp3) is 0.735. The second-order valence-corrected chi connectivity index (χ2v) is 14.2. The number of benzene rings is 1. The molecule has 0 radical (unpaired) electrons. The van der Waals surface area contributed by atoms with E-state index in [9.17, 15) is 25.2 Å². The molecule has 3 saturated carbocycles. The minimum Gasteiger partial charge on any atom is -0.389 e. The van der Waals surface area contributed by atoms with Gasteiger partial charge < -0.3 is 35.2 Å². The van der Waals surface area contributed by atoms with Gasteiger partial charge in [-0.05, 0) is 106 Å². The minimum atomic E-state index is -1.31. The Bertz CT molecular complexity index is 1220. The van der Waals surface area contributed by atoms with E-state index in [-0.39, 0.29) is 34.7 Å². The van der Waals surface area contributed by atoms with Crippen LogP contribution in [0, 0.1) is 22.7 Å². The normalized spacial score (nSPS) is 46.7. The highest BCUT2D eigenvalue weighted by atomic mass is 16.7. The molecular formula is C34H49NO7. The molecule has 5 N–H and O–H groups in total. The molecule has 1 aromatic rings. The summed E-state index contributed by atoms with van der Waals surface area (Å²) in [5, 5.41) is 46.3. The number of aliphatic hydroxyl groups excluding tert-OH is 3. The number of amides is 1. The molecule has 6 rings (SSSR count). The fourth-order valence-electron chi connectivity index (χ4n) is 9.77. The average Bonchev–Trinajstić information content (AvgIpc) is 3.26. The second-order valence-electron chi connectivity index (χ2n) is 14.2. The first-order valence-corrected chi connectivity index (χ1v) is 16.1. The highest BCUT2D eigenvalue weighted by molar-refractivity contribution is 5.94. The lowest BCUT2D eigenvalue weighted by molar-refractivity contribution is -0.301. The molecule has 232 valence electrons. The predicted molar refractivity (Wildman–Crippen MR) is 158 cm³/mol. The second kappa shape index (κ2) is 11.0. The van der Waals surface area contributed by atoms with Crippen LogP contribution in [0.1, 0.15) is 101 Å². The van der Waals surface area contributed by atoms with Gasteiger partial charge in [-0.15, -0.1) is 0 Å². The standard InChI is InChI=1S/C34H49NO7/c1-5-35-30(39)21-8-6-7-20(17-21)24-13-16-34(40)26-10-9-22-18-23(42-31-29(38)28(37)27(36)19(2)41-31)11-14-32(22,3)25(26)12-15-33(24,34)4/h6-8,17-19,23-29,31,36-38,40H,5,9-16H2,1-4H3,(H,35,39)/t19-,23-,24+,25-,26+,27-,28+,29+,31-,32-,33+,34-/m0/s1. The van der Waals surface area contributed by atoms with Crippen LogP contribution >= 0.6 is 0 Å². The number of ether oxygens (including phenoxy) is 2. The first-order valence-electron chi connectivity index (χ1n) is 16.1. The Morgan fingerprint density at radius 3 is 2.57 bits per heavy atom. The number of carbonyl (C=O) groups excluding carboxylic acids is 1. The summed E-state index contributed by atoms with van der Waals surface area (Å²) in [5.74, 6) is 0.761. The molecule has 1 aromatic carbocycles. The van der Waals surface area contributed by atoms with Crippen molar-refractivity contribution >= 4 is 5.91 Å².